The van der Waals surface area contributed by atoms with Gasteiger partial charge in [-0.3, -0.25) is 9.78 Å². The molecule has 1 fully saturated rings. The lowest BCUT2D eigenvalue weighted by molar-refractivity contribution is -0.126. The summed E-state index contributed by atoms with van der Waals surface area (Å²) in [5.41, 5.74) is 1.09. The van der Waals surface area contributed by atoms with Crippen LogP contribution < -0.4 is 10.6 Å². The molecule has 1 amide bonds. The molecule has 0 aromatic carbocycles. The number of carbonyl (C=O) groups excluding carboxylic acids is 1. The predicted octanol–water partition coefficient (Wildman–Crippen LogP) is 1.11. The Labute approximate surface area is 102 Å². The third-order valence-corrected chi connectivity index (χ3v) is 3.42. The van der Waals surface area contributed by atoms with Crippen molar-refractivity contribution >= 4 is 5.91 Å². The zero-order chi connectivity index (χ0) is 12.3. The molecule has 1 saturated heterocycles. The summed E-state index contributed by atoms with van der Waals surface area (Å²) >= 11 is 0. The van der Waals surface area contributed by atoms with Gasteiger partial charge < -0.3 is 10.6 Å². The monoisotopic (exact) mass is 233 g/mol. The Hall–Kier alpha value is -1.42. The van der Waals surface area contributed by atoms with E-state index < -0.39 is 0 Å². The fraction of sp³-hybridized carbons (Fsp3) is 0.538. The van der Waals surface area contributed by atoms with Crippen LogP contribution in [0.1, 0.15) is 25.5 Å². The number of nitrogens with one attached hydrogen (secondary N) is 2. The molecule has 0 bridgehead atoms. The second-order valence-corrected chi connectivity index (χ2v) is 4.75. The molecule has 2 heterocycles. The number of hydrogen-bond donors (Lipinski definition) is 2. The van der Waals surface area contributed by atoms with Gasteiger partial charge in [0, 0.05) is 18.9 Å². The number of aromatic nitrogens is 1. The van der Waals surface area contributed by atoms with Crippen LogP contribution in [0.25, 0.3) is 0 Å². The van der Waals surface area contributed by atoms with Crippen molar-refractivity contribution in [3.05, 3.63) is 30.1 Å². The SMILES string of the molecule is CC1CNCC1C(=O)N[C@H](C)c1ccncc1. The molecule has 2 N–H and O–H groups in total. The fourth-order valence-electron chi connectivity index (χ4n) is 2.22. The van der Waals surface area contributed by atoms with Crippen LogP contribution in [0.2, 0.25) is 0 Å². The Morgan fingerprint density at radius 2 is 2.18 bits per heavy atom. The molecule has 0 aliphatic carbocycles. The number of nitrogens with zero attached hydrogens (tertiary/aromatic N) is 1. The van der Waals surface area contributed by atoms with E-state index in [2.05, 4.69) is 22.5 Å². The molecule has 92 valence electrons. The molecule has 4 nitrogen and oxygen atoms in total. The third kappa shape index (κ3) is 2.82. The van der Waals surface area contributed by atoms with Crippen LogP contribution in [0.4, 0.5) is 0 Å². The van der Waals surface area contributed by atoms with Gasteiger partial charge in [-0.2, -0.15) is 0 Å². The quantitative estimate of drug-likeness (QED) is 0.822. The zero-order valence-electron chi connectivity index (χ0n) is 10.3. The number of carbonyl (C=O) groups is 1. The smallest absolute Gasteiger partial charge is 0.225 e. The van der Waals surface area contributed by atoms with Crippen LogP contribution in [0.3, 0.4) is 0 Å². The van der Waals surface area contributed by atoms with Crippen molar-refractivity contribution in [2.45, 2.75) is 19.9 Å². The molecule has 0 radical (unpaired) electrons. The van der Waals surface area contributed by atoms with E-state index in [0.29, 0.717) is 5.92 Å². The third-order valence-electron chi connectivity index (χ3n) is 3.42. The van der Waals surface area contributed by atoms with Crippen molar-refractivity contribution in [1.29, 1.82) is 0 Å². The first kappa shape index (κ1) is 12.0. The highest BCUT2D eigenvalue weighted by atomic mass is 16.2. The number of pyridine rings is 1. The molecule has 2 rings (SSSR count). The lowest BCUT2D eigenvalue weighted by Gasteiger charge is -2.19. The lowest BCUT2D eigenvalue weighted by atomic mass is 9.96. The van der Waals surface area contributed by atoms with E-state index in [1.54, 1.807) is 12.4 Å². The molecular weight excluding hydrogens is 214 g/mol. The van der Waals surface area contributed by atoms with Gasteiger partial charge in [-0.05, 0) is 37.1 Å². The van der Waals surface area contributed by atoms with E-state index in [9.17, 15) is 4.79 Å². The van der Waals surface area contributed by atoms with E-state index in [1.807, 2.05) is 19.1 Å². The summed E-state index contributed by atoms with van der Waals surface area (Å²) in [6.07, 6.45) is 3.50. The topological polar surface area (TPSA) is 54.0 Å². The zero-order valence-corrected chi connectivity index (χ0v) is 10.3. The molecule has 1 aromatic heterocycles. The van der Waals surface area contributed by atoms with Gasteiger partial charge in [0.25, 0.3) is 0 Å². The lowest BCUT2D eigenvalue weighted by Crippen LogP contribution is -2.35. The highest BCUT2D eigenvalue weighted by molar-refractivity contribution is 5.80. The number of amides is 1. The molecule has 1 aliphatic rings. The maximum absolute atomic E-state index is 12.1. The maximum Gasteiger partial charge on any atom is 0.225 e. The van der Waals surface area contributed by atoms with Crippen LogP contribution in [-0.4, -0.2) is 24.0 Å². The summed E-state index contributed by atoms with van der Waals surface area (Å²) in [6, 6.07) is 3.90. The van der Waals surface area contributed by atoms with Gasteiger partial charge in [-0.15, -0.1) is 0 Å². The van der Waals surface area contributed by atoms with Crippen molar-refractivity contribution in [2.75, 3.05) is 13.1 Å². The summed E-state index contributed by atoms with van der Waals surface area (Å²) in [6.45, 7) is 5.83. The molecule has 0 saturated carbocycles. The maximum atomic E-state index is 12.1. The van der Waals surface area contributed by atoms with E-state index in [-0.39, 0.29) is 17.9 Å². The van der Waals surface area contributed by atoms with Gasteiger partial charge >= 0.3 is 0 Å². The predicted molar refractivity (Wildman–Crippen MR) is 66.3 cm³/mol. The van der Waals surface area contributed by atoms with Crippen molar-refractivity contribution in [2.24, 2.45) is 11.8 Å². The van der Waals surface area contributed by atoms with Crippen LogP contribution in [-0.2, 0) is 4.79 Å². The second kappa shape index (κ2) is 5.27. The van der Waals surface area contributed by atoms with E-state index in [0.717, 1.165) is 18.7 Å². The molecule has 3 atom stereocenters. The summed E-state index contributed by atoms with van der Waals surface area (Å²) in [4.78, 5) is 16.0. The minimum Gasteiger partial charge on any atom is -0.349 e. The second-order valence-electron chi connectivity index (χ2n) is 4.75. The summed E-state index contributed by atoms with van der Waals surface area (Å²) in [5, 5.41) is 6.31. The van der Waals surface area contributed by atoms with Crippen LogP contribution in [0.5, 0.6) is 0 Å². The van der Waals surface area contributed by atoms with E-state index in [1.165, 1.54) is 0 Å². The highest BCUT2D eigenvalue weighted by Gasteiger charge is 2.30. The minimum atomic E-state index is 0.0401. The highest BCUT2D eigenvalue weighted by Crippen LogP contribution is 2.18. The molecule has 2 unspecified atom stereocenters. The van der Waals surface area contributed by atoms with Gasteiger partial charge in [0.05, 0.1) is 12.0 Å². The normalized spacial score (nSPS) is 25.5. The Morgan fingerprint density at radius 1 is 1.47 bits per heavy atom. The van der Waals surface area contributed by atoms with Crippen LogP contribution in [0, 0.1) is 11.8 Å². The fourth-order valence-corrected chi connectivity index (χ4v) is 2.22. The first-order valence-electron chi connectivity index (χ1n) is 6.09. The number of hydrogen-bond acceptors (Lipinski definition) is 3. The molecular formula is C13H19N3O. The van der Waals surface area contributed by atoms with Crippen LogP contribution >= 0.6 is 0 Å². The molecule has 0 spiro atoms. The van der Waals surface area contributed by atoms with Crippen molar-refractivity contribution in [1.82, 2.24) is 15.6 Å². The molecule has 17 heavy (non-hydrogen) atoms. The minimum absolute atomic E-state index is 0.0401. The summed E-state index contributed by atoms with van der Waals surface area (Å²) in [7, 11) is 0. The van der Waals surface area contributed by atoms with E-state index in [4.69, 9.17) is 0 Å². The number of rotatable bonds is 3. The van der Waals surface area contributed by atoms with Crippen molar-refractivity contribution in [3.8, 4) is 0 Å². The average Bonchev–Trinajstić information content (AvgIpc) is 2.76. The van der Waals surface area contributed by atoms with Crippen LogP contribution in [0.15, 0.2) is 24.5 Å². The standard InChI is InChI=1S/C13H19N3O/c1-9-7-15-8-12(9)13(17)16-10(2)11-3-5-14-6-4-11/h3-6,9-10,12,15H,7-8H2,1-2H3,(H,16,17)/t9?,10-,12?/m1/s1. The first-order valence-corrected chi connectivity index (χ1v) is 6.09. The Kier molecular flexibility index (Phi) is 3.74. The summed E-state index contributed by atoms with van der Waals surface area (Å²) < 4.78 is 0. The van der Waals surface area contributed by atoms with Gasteiger partial charge in [-0.1, -0.05) is 6.92 Å². The van der Waals surface area contributed by atoms with Gasteiger partial charge in [0.15, 0.2) is 0 Å². The molecule has 4 heteroatoms. The Morgan fingerprint density at radius 3 is 2.76 bits per heavy atom. The van der Waals surface area contributed by atoms with E-state index >= 15 is 0 Å². The first-order chi connectivity index (χ1) is 8.18. The average molecular weight is 233 g/mol. The Bertz CT molecular complexity index is 380. The van der Waals surface area contributed by atoms with Gasteiger partial charge in [-0.25, -0.2) is 0 Å². The molecule has 1 aliphatic heterocycles. The largest absolute Gasteiger partial charge is 0.349 e. The van der Waals surface area contributed by atoms with Crippen molar-refractivity contribution < 1.29 is 4.79 Å². The Balaban J connectivity index is 1.95. The molecule has 1 aromatic rings. The van der Waals surface area contributed by atoms with Gasteiger partial charge in [0.2, 0.25) is 5.91 Å². The van der Waals surface area contributed by atoms with Crippen molar-refractivity contribution in [3.63, 3.8) is 0 Å². The van der Waals surface area contributed by atoms with Gasteiger partial charge in [0.1, 0.15) is 0 Å². The summed E-state index contributed by atoms with van der Waals surface area (Å²) in [5.74, 6) is 0.658.